The lowest BCUT2D eigenvalue weighted by Crippen LogP contribution is -2.40. The molecule has 6 heteroatoms. The molecule has 0 aliphatic heterocycles. The zero-order chi connectivity index (χ0) is 22.6. The second-order valence-electron chi connectivity index (χ2n) is 7.45. The first-order valence-electron chi connectivity index (χ1n) is 10.2. The van der Waals surface area contributed by atoms with E-state index in [1.165, 1.54) is 12.1 Å². The third-order valence-electron chi connectivity index (χ3n) is 5.29. The lowest BCUT2D eigenvalue weighted by molar-refractivity contribution is -0.119. The summed E-state index contributed by atoms with van der Waals surface area (Å²) in [6, 6.07) is 19.2. The molecule has 3 aromatic carbocycles. The van der Waals surface area contributed by atoms with Crippen molar-refractivity contribution in [2.75, 3.05) is 10.9 Å². The molecule has 0 saturated carbocycles. The SMILES string of the molecule is CCc1ccccc1OCC(=O)N(c1cccc(C)c1C)S(=O)(=O)c1ccc(C)cc1. The number of carbonyl (C=O) groups is 1. The number of anilines is 1. The van der Waals surface area contributed by atoms with Gasteiger partial charge in [0.2, 0.25) is 0 Å². The van der Waals surface area contributed by atoms with Gasteiger partial charge in [-0.1, -0.05) is 55.0 Å². The molecular weight excluding hydrogens is 410 g/mol. The molecule has 0 radical (unpaired) electrons. The third kappa shape index (κ3) is 4.80. The van der Waals surface area contributed by atoms with Crippen molar-refractivity contribution in [3.05, 3.63) is 89.0 Å². The summed E-state index contributed by atoms with van der Waals surface area (Å²) in [6.45, 7) is 7.17. The Hall–Kier alpha value is -3.12. The van der Waals surface area contributed by atoms with Crippen molar-refractivity contribution in [3.63, 3.8) is 0 Å². The van der Waals surface area contributed by atoms with Crippen LogP contribution in [0.5, 0.6) is 5.75 Å². The second kappa shape index (κ2) is 9.35. The lowest BCUT2D eigenvalue weighted by atomic mass is 10.1. The minimum Gasteiger partial charge on any atom is -0.483 e. The molecule has 162 valence electrons. The van der Waals surface area contributed by atoms with Gasteiger partial charge in [-0.3, -0.25) is 4.79 Å². The van der Waals surface area contributed by atoms with Crippen LogP contribution in [-0.2, 0) is 21.2 Å². The highest BCUT2D eigenvalue weighted by atomic mass is 32.2. The van der Waals surface area contributed by atoms with Gasteiger partial charge in [-0.05, 0) is 68.1 Å². The molecule has 0 fully saturated rings. The molecule has 5 nitrogen and oxygen atoms in total. The Bertz CT molecular complexity index is 1180. The fourth-order valence-electron chi connectivity index (χ4n) is 3.30. The quantitative estimate of drug-likeness (QED) is 0.523. The average Bonchev–Trinajstić information content (AvgIpc) is 2.75. The van der Waals surface area contributed by atoms with E-state index < -0.39 is 22.5 Å². The van der Waals surface area contributed by atoms with Crippen LogP contribution in [0.3, 0.4) is 0 Å². The molecule has 3 rings (SSSR count). The molecule has 0 bridgehead atoms. The first-order chi connectivity index (χ1) is 14.8. The Balaban J connectivity index is 2.02. The largest absolute Gasteiger partial charge is 0.483 e. The van der Waals surface area contributed by atoms with Crippen molar-refractivity contribution < 1.29 is 17.9 Å². The molecule has 0 N–H and O–H groups in total. The number of nitrogens with zero attached hydrogens (tertiary/aromatic N) is 1. The van der Waals surface area contributed by atoms with Gasteiger partial charge in [-0.25, -0.2) is 8.42 Å². The van der Waals surface area contributed by atoms with Crippen LogP contribution >= 0.6 is 0 Å². The number of para-hydroxylation sites is 1. The topological polar surface area (TPSA) is 63.7 Å². The van der Waals surface area contributed by atoms with Crippen LogP contribution in [0.1, 0.15) is 29.2 Å². The van der Waals surface area contributed by atoms with Crippen LogP contribution in [-0.4, -0.2) is 20.9 Å². The zero-order valence-corrected chi connectivity index (χ0v) is 19.1. The fraction of sp³-hybridized carbons (Fsp3) is 0.240. The van der Waals surface area contributed by atoms with E-state index in [1.807, 2.05) is 52.0 Å². The molecule has 0 heterocycles. The van der Waals surface area contributed by atoms with E-state index in [1.54, 1.807) is 30.3 Å². The molecule has 0 aromatic heterocycles. The number of benzene rings is 3. The Labute approximate surface area is 184 Å². The maximum absolute atomic E-state index is 13.5. The minimum absolute atomic E-state index is 0.0568. The maximum atomic E-state index is 13.5. The number of amides is 1. The van der Waals surface area contributed by atoms with E-state index in [4.69, 9.17) is 4.74 Å². The van der Waals surface area contributed by atoms with Crippen LogP contribution in [0.4, 0.5) is 5.69 Å². The minimum atomic E-state index is -4.13. The number of ether oxygens (including phenoxy) is 1. The van der Waals surface area contributed by atoms with Gasteiger partial charge in [0.15, 0.2) is 6.61 Å². The number of hydrogen-bond acceptors (Lipinski definition) is 4. The van der Waals surface area contributed by atoms with Gasteiger partial charge in [0.1, 0.15) is 5.75 Å². The third-order valence-corrected chi connectivity index (χ3v) is 7.03. The van der Waals surface area contributed by atoms with Gasteiger partial charge in [0, 0.05) is 0 Å². The van der Waals surface area contributed by atoms with Crippen molar-refractivity contribution in [3.8, 4) is 5.75 Å². The first kappa shape index (κ1) is 22.6. The highest BCUT2D eigenvalue weighted by Gasteiger charge is 2.32. The highest BCUT2D eigenvalue weighted by Crippen LogP contribution is 2.29. The molecule has 0 aliphatic carbocycles. The summed E-state index contributed by atoms with van der Waals surface area (Å²) >= 11 is 0. The molecular formula is C25H27NO4S. The van der Waals surface area contributed by atoms with Crippen molar-refractivity contribution in [2.45, 2.75) is 39.0 Å². The van der Waals surface area contributed by atoms with Gasteiger partial charge >= 0.3 is 0 Å². The highest BCUT2D eigenvalue weighted by molar-refractivity contribution is 7.93. The zero-order valence-electron chi connectivity index (χ0n) is 18.3. The summed E-state index contributed by atoms with van der Waals surface area (Å²) in [5, 5.41) is 0. The van der Waals surface area contributed by atoms with Crippen molar-refractivity contribution in [1.29, 1.82) is 0 Å². The molecule has 31 heavy (non-hydrogen) atoms. The number of hydrogen-bond donors (Lipinski definition) is 0. The van der Waals surface area contributed by atoms with Gasteiger partial charge in [0.25, 0.3) is 15.9 Å². The number of aryl methyl sites for hydroxylation is 3. The van der Waals surface area contributed by atoms with E-state index in [9.17, 15) is 13.2 Å². The van der Waals surface area contributed by atoms with Crippen molar-refractivity contribution >= 4 is 21.6 Å². The van der Waals surface area contributed by atoms with Gasteiger partial charge in [-0.15, -0.1) is 0 Å². The summed E-state index contributed by atoms with van der Waals surface area (Å²) in [5.74, 6) is -0.0767. The van der Waals surface area contributed by atoms with Crippen molar-refractivity contribution in [1.82, 2.24) is 0 Å². The second-order valence-corrected chi connectivity index (χ2v) is 9.23. The molecule has 0 saturated heterocycles. The summed E-state index contributed by atoms with van der Waals surface area (Å²) in [4.78, 5) is 13.3. The Morgan fingerprint density at radius 1 is 0.903 bits per heavy atom. The number of sulfonamides is 1. The Morgan fingerprint density at radius 2 is 1.58 bits per heavy atom. The van der Waals surface area contributed by atoms with Crippen molar-refractivity contribution in [2.24, 2.45) is 0 Å². The number of carbonyl (C=O) groups excluding carboxylic acids is 1. The molecule has 3 aromatic rings. The predicted molar refractivity (Wildman–Crippen MR) is 123 cm³/mol. The van der Waals surface area contributed by atoms with Crippen LogP contribution in [0.2, 0.25) is 0 Å². The average molecular weight is 438 g/mol. The standard InChI is InChI=1S/C25H27NO4S/c1-5-21-10-6-7-12-24(21)30-17-25(27)26(23-11-8-9-19(3)20(23)4)31(28,29)22-15-13-18(2)14-16-22/h6-16H,5,17H2,1-4H3. The normalized spacial score (nSPS) is 11.2. The van der Waals surface area contributed by atoms with E-state index in [2.05, 4.69) is 0 Å². The van der Waals surface area contributed by atoms with E-state index in [-0.39, 0.29) is 4.90 Å². The molecule has 1 amide bonds. The van der Waals surface area contributed by atoms with Crippen LogP contribution < -0.4 is 9.04 Å². The molecule has 0 spiro atoms. The molecule has 0 atom stereocenters. The fourth-order valence-corrected chi connectivity index (χ4v) is 4.77. The Morgan fingerprint density at radius 3 is 2.26 bits per heavy atom. The van der Waals surface area contributed by atoms with Crippen LogP contribution in [0.25, 0.3) is 0 Å². The van der Waals surface area contributed by atoms with Gasteiger partial charge in [-0.2, -0.15) is 4.31 Å². The number of rotatable bonds is 7. The maximum Gasteiger partial charge on any atom is 0.278 e. The smallest absolute Gasteiger partial charge is 0.278 e. The summed E-state index contributed by atoms with van der Waals surface area (Å²) in [5.41, 5.74) is 3.84. The van der Waals surface area contributed by atoms with Gasteiger partial charge < -0.3 is 4.74 Å². The summed E-state index contributed by atoms with van der Waals surface area (Å²) < 4.78 is 33.7. The van der Waals surface area contributed by atoms with E-state index >= 15 is 0 Å². The monoisotopic (exact) mass is 437 g/mol. The van der Waals surface area contributed by atoms with Crippen LogP contribution in [0.15, 0.2) is 71.6 Å². The summed E-state index contributed by atoms with van der Waals surface area (Å²) in [7, 11) is -4.13. The first-order valence-corrected chi connectivity index (χ1v) is 11.6. The Kier molecular flexibility index (Phi) is 6.81. The lowest BCUT2D eigenvalue weighted by Gasteiger charge is -2.25. The van der Waals surface area contributed by atoms with E-state index in [0.29, 0.717) is 11.4 Å². The molecule has 0 aliphatic rings. The van der Waals surface area contributed by atoms with Crippen LogP contribution in [0, 0.1) is 20.8 Å². The van der Waals surface area contributed by atoms with Gasteiger partial charge in [0.05, 0.1) is 10.6 Å². The predicted octanol–water partition coefficient (Wildman–Crippen LogP) is 4.98. The van der Waals surface area contributed by atoms with E-state index in [0.717, 1.165) is 33.0 Å². The summed E-state index contributed by atoms with van der Waals surface area (Å²) in [6.07, 6.45) is 0.743. The molecule has 0 unspecified atom stereocenters.